The van der Waals surface area contributed by atoms with E-state index in [1.54, 1.807) is 12.1 Å². The summed E-state index contributed by atoms with van der Waals surface area (Å²) in [7, 11) is 0. The molecular weight excluding hydrogens is 543 g/mol. The van der Waals surface area contributed by atoms with Gasteiger partial charge in [0.15, 0.2) is 0 Å². The molecule has 2 rings (SSSR count). The van der Waals surface area contributed by atoms with E-state index in [9.17, 15) is 24.6 Å². The second kappa shape index (κ2) is 16.2. The summed E-state index contributed by atoms with van der Waals surface area (Å²) in [6, 6.07) is 10.7. The van der Waals surface area contributed by atoms with Crippen molar-refractivity contribution in [2.24, 2.45) is 11.7 Å². The first-order valence-corrected chi connectivity index (χ1v) is 13.9. The molecule has 214 valence electrons. The Bertz CT molecular complexity index is 1100. The Hall–Kier alpha value is -3.01. The van der Waals surface area contributed by atoms with Gasteiger partial charge in [0.2, 0.25) is 11.8 Å². The number of alkyl halides is 2. The van der Waals surface area contributed by atoms with E-state index in [0.29, 0.717) is 30.4 Å². The Morgan fingerprint density at radius 2 is 1.49 bits per heavy atom. The number of amides is 2. The van der Waals surface area contributed by atoms with Crippen LogP contribution in [0.4, 0.5) is 5.69 Å². The molecule has 39 heavy (non-hydrogen) atoms. The number of rotatable bonds is 16. The standard InChI is InChI=1S/C28H38Cl2N4O5/c1-18(2)13-25(28(38)39)33-27(37)24(17-20-6-4-8-22(35)15-20)32-26(36)23(31)16-19-5-3-7-21(14-19)34(11-9-29)12-10-30/h3-8,14-15,18,23-25,35H,9-13,16-17,31H2,1-2H3,(H,32,36)(H,33,37)(H,38,39). The summed E-state index contributed by atoms with van der Waals surface area (Å²) in [5, 5.41) is 24.6. The Morgan fingerprint density at radius 1 is 0.897 bits per heavy atom. The van der Waals surface area contributed by atoms with Gasteiger partial charge < -0.3 is 31.5 Å². The maximum absolute atomic E-state index is 13.2. The number of aromatic hydroxyl groups is 1. The lowest BCUT2D eigenvalue weighted by atomic mass is 10.0. The molecule has 0 spiro atoms. The number of nitrogens with one attached hydrogen (secondary N) is 2. The van der Waals surface area contributed by atoms with Crippen molar-refractivity contribution in [3.8, 4) is 5.75 Å². The molecule has 6 N–H and O–H groups in total. The second-order valence-corrected chi connectivity index (χ2v) is 10.6. The molecule has 0 aromatic heterocycles. The molecule has 11 heteroatoms. The van der Waals surface area contributed by atoms with Crippen LogP contribution in [0.2, 0.25) is 0 Å². The highest BCUT2D eigenvalue weighted by molar-refractivity contribution is 6.18. The molecule has 0 aliphatic heterocycles. The van der Waals surface area contributed by atoms with Crippen molar-refractivity contribution in [3.63, 3.8) is 0 Å². The molecule has 2 amide bonds. The van der Waals surface area contributed by atoms with Crippen molar-refractivity contribution in [2.45, 2.75) is 51.2 Å². The van der Waals surface area contributed by atoms with Gasteiger partial charge in [0.1, 0.15) is 17.8 Å². The van der Waals surface area contributed by atoms with Gasteiger partial charge in [-0.25, -0.2) is 4.79 Å². The number of benzene rings is 2. The van der Waals surface area contributed by atoms with Gasteiger partial charge in [0.05, 0.1) is 6.04 Å². The highest BCUT2D eigenvalue weighted by Crippen LogP contribution is 2.18. The highest BCUT2D eigenvalue weighted by atomic mass is 35.5. The fourth-order valence-electron chi connectivity index (χ4n) is 4.17. The van der Waals surface area contributed by atoms with Crippen LogP contribution in [0.1, 0.15) is 31.4 Å². The average molecular weight is 582 g/mol. The number of carboxylic acids is 1. The van der Waals surface area contributed by atoms with Crippen LogP contribution >= 0.6 is 23.2 Å². The largest absolute Gasteiger partial charge is 0.508 e. The summed E-state index contributed by atoms with van der Waals surface area (Å²) >= 11 is 11.8. The van der Waals surface area contributed by atoms with Crippen molar-refractivity contribution in [3.05, 3.63) is 59.7 Å². The molecule has 2 aromatic carbocycles. The maximum atomic E-state index is 13.2. The van der Waals surface area contributed by atoms with Crippen LogP contribution in [0.5, 0.6) is 5.75 Å². The third kappa shape index (κ3) is 10.9. The zero-order valence-electron chi connectivity index (χ0n) is 22.3. The summed E-state index contributed by atoms with van der Waals surface area (Å²) in [5.74, 6) is -1.46. The predicted octanol–water partition coefficient (Wildman–Crippen LogP) is 2.89. The quantitative estimate of drug-likeness (QED) is 0.192. The first-order valence-electron chi connectivity index (χ1n) is 12.9. The van der Waals surface area contributed by atoms with Crippen molar-refractivity contribution in [2.75, 3.05) is 29.7 Å². The number of anilines is 1. The van der Waals surface area contributed by atoms with Gasteiger partial charge in [-0.2, -0.15) is 0 Å². The van der Waals surface area contributed by atoms with Gasteiger partial charge in [-0.3, -0.25) is 9.59 Å². The average Bonchev–Trinajstić information content (AvgIpc) is 2.87. The normalized spacial score (nSPS) is 13.4. The summed E-state index contributed by atoms with van der Waals surface area (Å²) in [6.45, 7) is 4.94. The molecule has 2 aromatic rings. The van der Waals surface area contributed by atoms with Crippen LogP contribution in [0.15, 0.2) is 48.5 Å². The summed E-state index contributed by atoms with van der Waals surface area (Å²) in [6.07, 6.45) is 0.475. The lowest BCUT2D eigenvalue weighted by Gasteiger charge is -2.25. The molecule has 3 unspecified atom stereocenters. The number of nitrogens with zero attached hydrogens (tertiary/aromatic N) is 1. The van der Waals surface area contributed by atoms with Crippen LogP contribution in [0, 0.1) is 5.92 Å². The fraction of sp³-hybridized carbons (Fsp3) is 0.464. The molecule has 9 nitrogen and oxygen atoms in total. The summed E-state index contributed by atoms with van der Waals surface area (Å²) in [5.41, 5.74) is 8.56. The maximum Gasteiger partial charge on any atom is 0.326 e. The molecule has 3 atom stereocenters. The van der Waals surface area contributed by atoms with E-state index in [2.05, 4.69) is 10.6 Å². The van der Waals surface area contributed by atoms with Crippen LogP contribution in [0.25, 0.3) is 0 Å². The van der Waals surface area contributed by atoms with Gasteiger partial charge in [-0.1, -0.05) is 38.1 Å². The van der Waals surface area contributed by atoms with Crippen LogP contribution in [-0.2, 0) is 27.2 Å². The molecule has 0 saturated carbocycles. The minimum Gasteiger partial charge on any atom is -0.508 e. The van der Waals surface area contributed by atoms with Crippen LogP contribution in [0.3, 0.4) is 0 Å². The number of halogens is 2. The smallest absolute Gasteiger partial charge is 0.326 e. The molecule has 0 radical (unpaired) electrons. The Balaban J connectivity index is 2.19. The van der Waals surface area contributed by atoms with E-state index >= 15 is 0 Å². The van der Waals surface area contributed by atoms with Crippen molar-refractivity contribution in [1.29, 1.82) is 0 Å². The first kappa shape index (κ1) is 32.2. The van der Waals surface area contributed by atoms with E-state index in [0.717, 1.165) is 11.3 Å². The molecule has 0 aliphatic rings. The number of phenolic OH excluding ortho intramolecular Hbond substituents is 1. The van der Waals surface area contributed by atoms with Crippen LogP contribution < -0.4 is 21.3 Å². The number of nitrogens with two attached hydrogens (primary N) is 1. The lowest BCUT2D eigenvalue weighted by molar-refractivity contribution is -0.142. The monoisotopic (exact) mass is 580 g/mol. The van der Waals surface area contributed by atoms with Gasteiger partial charge in [-0.05, 0) is 54.2 Å². The van der Waals surface area contributed by atoms with Gasteiger partial charge in [0.25, 0.3) is 0 Å². The molecule has 0 fully saturated rings. The number of carbonyl (C=O) groups is 3. The third-order valence-electron chi connectivity index (χ3n) is 6.08. The number of carbonyl (C=O) groups excluding carboxylic acids is 2. The minimum absolute atomic E-state index is 0.00941. The van der Waals surface area contributed by atoms with E-state index < -0.39 is 35.9 Å². The third-order valence-corrected chi connectivity index (χ3v) is 6.42. The predicted molar refractivity (Wildman–Crippen MR) is 155 cm³/mol. The van der Waals surface area contributed by atoms with E-state index in [-0.39, 0.29) is 30.9 Å². The highest BCUT2D eigenvalue weighted by Gasteiger charge is 2.29. The molecule has 0 saturated heterocycles. The van der Waals surface area contributed by atoms with Gasteiger partial charge in [0, 0.05) is 37.0 Å². The number of aliphatic carboxylic acids is 1. The summed E-state index contributed by atoms with van der Waals surface area (Å²) in [4.78, 5) is 40.0. The fourth-order valence-corrected chi connectivity index (χ4v) is 4.58. The Kier molecular flexibility index (Phi) is 13.4. The SMILES string of the molecule is CC(C)CC(NC(=O)C(Cc1cccc(O)c1)NC(=O)C(N)Cc1cccc(N(CCCl)CCCl)c1)C(=O)O. The molecular formula is C28H38Cl2N4O5. The van der Waals surface area contributed by atoms with Crippen molar-refractivity contribution >= 4 is 46.7 Å². The number of hydrogen-bond donors (Lipinski definition) is 5. The topological polar surface area (TPSA) is 145 Å². The number of phenols is 1. The van der Waals surface area contributed by atoms with E-state index in [1.807, 2.05) is 43.0 Å². The van der Waals surface area contributed by atoms with Crippen molar-refractivity contribution in [1.82, 2.24) is 10.6 Å². The van der Waals surface area contributed by atoms with E-state index in [4.69, 9.17) is 28.9 Å². The van der Waals surface area contributed by atoms with E-state index in [1.165, 1.54) is 12.1 Å². The van der Waals surface area contributed by atoms with Crippen molar-refractivity contribution < 1.29 is 24.6 Å². The zero-order chi connectivity index (χ0) is 28.9. The zero-order valence-corrected chi connectivity index (χ0v) is 23.8. The molecule has 0 aliphatic carbocycles. The molecule has 0 bridgehead atoms. The number of carboxylic acid groups (broad SMARTS) is 1. The first-order chi connectivity index (χ1) is 18.5. The lowest BCUT2D eigenvalue weighted by Crippen LogP contribution is -2.55. The van der Waals surface area contributed by atoms with Gasteiger partial charge in [-0.15, -0.1) is 23.2 Å². The number of hydrogen-bond acceptors (Lipinski definition) is 6. The molecule has 0 heterocycles. The second-order valence-electron chi connectivity index (χ2n) is 9.81. The Morgan fingerprint density at radius 3 is 2.05 bits per heavy atom. The Labute approximate surface area is 239 Å². The van der Waals surface area contributed by atoms with Gasteiger partial charge >= 0.3 is 5.97 Å². The van der Waals surface area contributed by atoms with Crippen LogP contribution in [-0.4, -0.2) is 71.0 Å². The minimum atomic E-state index is -1.16. The summed E-state index contributed by atoms with van der Waals surface area (Å²) < 4.78 is 0.